The van der Waals surface area contributed by atoms with Gasteiger partial charge in [0.05, 0.1) is 34.4 Å². The molecule has 8 nitrogen and oxygen atoms in total. The fourth-order valence-electron chi connectivity index (χ4n) is 2.65. The van der Waals surface area contributed by atoms with Crippen molar-refractivity contribution in [3.63, 3.8) is 0 Å². The standard InChI is InChI=1S/C16H19N3O5S2/c17-25(20,21)13-5-7-14(8-6-13)26(22,23)18-15-3-1-2-4-16(15)19-9-11-24-12-10-19/h1-8,18H,9-12H2,(H2,17,20,21). The van der Waals surface area contributed by atoms with Crippen molar-refractivity contribution in [1.82, 2.24) is 0 Å². The van der Waals surface area contributed by atoms with Crippen molar-refractivity contribution in [2.75, 3.05) is 35.9 Å². The number of anilines is 2. The largest absolute Gasteiger partial charge is 0.378 e. The third-order valence-corrected chi connectivity index (χ3v) is 6.27. The zero-order chi connectivity index (χ0) is 18.8. The summed E-state index contributed by atoms with van der Waals surface area (Å²) in [6.07, 6.45) is 0. The Morgan fingerprint density at radius 2 is 1.46 bits per heavy atom. The Morgan fingerprint density at radius 1 is 0.885 bits per heavy atom. The van der Waals surface area contributed by atoms with Crippen molar-refractivity contribution < 1.29 is 21.6 Å². The van der Waals surface area contributed by atoms with Gasteiger partial charge in [0, 0.05) is 13.1 Å². The molecular weight excluding hydrogens is 378 g/mol. The van der Waals surface area contributed by atoms with Crippen LogP contribution in [0.15, 0.2) is 58.3 Å². The van der Waals surface area contributed by atoms with E-state index in [0.29, 0.717) is 32.0 Å². The first kappa shape index (κ1) is 18.6. The molecule has 0 atom stereocenters. The highest BCUT2D eigenvalue weighted by Gasteiger charge is 2.20. The highest BCUT2D eigenvalue weighted by Crippen LogP contribution is 2.28. The quantitative estimate of drug-likeness (QED) is 0.776. The van der Waals surface area contributed by atoms with Gasteiger partial charge in [-0.15, -0.1) is 0 Å². The molecule has 0 aromatic heterocycles. The third kappa shape index (κ3) is 4.15. The lowest BCUT2D eigenvalue weighted by molar-refractivity contribution is 0.123. The minimum absolute atomic E-state index is 0.0540. The molecule has 0 amide bonds. The van der Waals surface area contributed by atoms with Crippen molar-refractivity contribution in [3.8, 4) is 0 Å². The van der Waals surface area contributed by atoms with E-state index < -0.39 is 20.0 Å². The number of ether oxygens (including phenoxy) is 1. The first-order valence-electron chi connectivity index (χ1n) is 7.85. The van der Waals surface area contributed by atoms with Crippen LogP contribution in [0.2, 0.25) is 0 Å². The van der Waals surface area contributed by atoms with Gasteiger partial charge in [-0.3, -0.25) is 4.72 Å². The lowest BCUT2D eigenvalue weighted by Crippen LogP contribution is -2.36. The normalized spacial score (nSPS) is 15.7. The maximum absolute atomic E-state index is 12.7. The monoisotopic (exact) mass is 397 g/mol. The van der Waals surface area contributed by atoms with Crippen LogP contribution in [0, 0.1) is 0 Å². The van der Waals surface area contributed by atoms with Gasteiger partial charge < -0.3 is 9.64 Å². The summed E-state index contributed by atoms with van der Waals surface area (Å²) in [5, 5.41) is 5.03. The van der Waals surface area contributed by atoms with E-state index in [1.165, 1.54) is 12.1 Å². The van der Waals surface area contributed by atoms with Crippen LogP contribution in [-0.2, 0) is 24.8 Å². The minimum Gasteiger partial charge on any atom is -0.378 e. The summed E-state index contributed by atoms with van der Waals surface area (Å²) in [6, 6.07) is 11.8. The highest BCUT2D eigenvalue weighted by molar-refractivity contribution is 7.92. The first-order chi connectivity index (χ1) is 12.3. The van der Waals surface area contributed by atoms with Gasteiger partial charge in [-0.05, 0) is 36.4 Å². The predicted molar refractivity (Wildman–Crippen MR) is 98.1 cm³/mol. The number of benzene rings is 2. The van der Waals surface area contributed by atoms with Crippen molar-refractivity contribution in [2.45, 2.75) is 9.79 Å². The molecule has 3 rings (SSSR count). The van der Waals surface area contributed by atoms with E-state index in [0.717, 1.165) is 17.8 Å². The molecule has 0 unspecified atom stereocenters. The maximum Gasteiger partial charge on any atom is 0.261 e. The van der Waals surface area contributed by atoms with Crippen molar-refractivity contribution in [3.05, 3.63) is 48.5 Å². The molecule has 2 aromatic rings. The number of nitrogens with zero attached hydrogens (tertiary/aromatic N) is 1. The second-order valence-electron chi connectivity index (χ2n) is 5.74. The topological polar surface area (TPSA) is 119 Å². The van der Waals surface area contributed by atoms with E-state index in [-0.39, 0.29) is 9.79 Å². The molecule has 0 spiro atoms. The number of hydrogen-bond donors (Lipinski definition) is 2. The number of rotatable bonds is 5. The van der Waals surface area contributed by atoms with Crippen LogP contribution in [0.1, 0.15) is 0 Å². The number of sulfonamides is 2. The Hall–Kier alpha value is -2.14. The number of morpholine rings is 1. The second-order valence-corrected chi connectivity index (χ2v) is 8.98. The predicted octanol–water partition coefficient (Wildman–Crippen LogP) is 0.971. The molecule has 0 aliphatic carbocycles. The summed E-state index contributed by atoms with van der Waals surface area (Å²) in [5.74, 6) is 0. The molecule has 140 valence electrons. The summed E-state index contributed by atoms with van der Waals surface area (Å²) in [4.78, 5) is 1.85. The SMILES string of the molecule is NS(=O)(=O)c1ccc(S(=O)(=O)Nc2ccccc2N2CCOCC2)cc1. The van der Waals surface area contributed by atoms with Crippen LogP contribution < -0.4 is 14.8 Å². The van der Waals surface area contributed by atoms with Crippen LogP contribution in [-0.4, -0.2) is 43.1 Å². The van der Waals surface area contributed by atoms with Gasteiger partial charge >= 0.3 is 0 Å². The van der Waals surface area contributed by atoms with Crippen LogP contribution in [0.25, 0.3) is 0 Å². The Morgan fingerprint density at radius 3 is 2.08 bits per heavy atom. The zero-order valence-electron chi connectivity index (χ0n) is 13.8. The maximum atomic E-state index is 12.7. The summed E-state index contributed by atoms with van der Waals surface area (Å²) in [5.41, 5.74) is 1.21. The van der Waals surface area contributed by atoms with Gasteiger partial charge in [0.1, 0.15) is 0 Å². The molecule has 10 heteroatoms. The Balaban J connectivity index is 1.88. The Bertz CT molecular complexity index is 983. The molecule has 1 aliphatic rings. The summed E-state index contributed by atoms with van der Waals surface area (Å²) in [7, 11) is -7.76. The summed E-state index contributed by atoms with van der Waals surface area (Å²) < 4.78 is 55.8. The van der Waals surface area contributed by atoms with E-state index in [1.54, 1.807) is 12.1 Å². The van der Waals surface area contributed by atoms with Gasteiger partial charge in [-0.25, -0.2) is 22.0 Å². The molecule has 1 heterocycles. The van der Waals surface area contributed by atoms with Crippen molar-refractivity contribution >= 4 is 31.4 Å². The third-order valence-electron chi connectivity index (χ3n) is 3.96. The van der Waals surface area contributed by atoms with Gasteiger partial charge in [-0.2, -0.15) is 0 Å². The molecule has 2 aromatic carbocycles. The molecule has 1 fully saturated rings. The van der Waals surface area contributed by atoms with E-state index in [2.05, 4.69) is 4.72 Å². The van der Waals surface area contributed by atoms with Crippen molar-refractivity contribution in [1.29, 1.82) is 0 Å². The minimum atomic E-state index is -3.88. The van der Waals surface area contributed by atoms with Gasteiger partial charge in [0.25, 0.3) is 10.0 Å². The lowest BCUT2D eigenvalue weighted by Gasteiger charge is -2.30. The molecular formula is C16H19N3O5S2. The Kier molecular flexibility index (Phi) is 5.19. The number of nitrogens with two attached hydrogens (primary N) is 1. The average molecular weight is 397 g/mol. The van der Waals surface area contributed by atoms with Gasteiger partial charge in [-0.1, -0.05) is 12.1 Å². The van der Waals surface area contributed by atoms with Crippen LogP contribution >= 0.6 is 0 Å². The number of nitrogens with one attached hydrogen (secondary N) is 1. The average Bonchev–Trinajstić information content (AvgIpc) is 2.62. The van der Waals surface area contributed by atoms with E-state index in [9.17, 15) is 16.8 Å². The van der Waals surface area contributed by atoms with Crippen molar-refractivity contribution in [2.24, 2.45) is 5.14 Å². The molecule has 0 bridgehead atoms. The zero-order valence-corrected chi connectivity index (χ0v) is 15.5. The van der Waals surface area contributed by atoms with E-state index in [4.69, 9.17) is 9.88 Å². The molecule has 0 saturated carbocycles. The molecule has 3 N–H and O–H groups in total. The summed E-state index contributed by atoms with van der Waals surface area (Å²) >= 11 is 0. The summed E-state index contributed by atoms with van der Waals surface area (Å²) in [6.45, 7) is 2.50. The fourth-order valence-corrected chi connectivity index (χ4v) is 4.24. The van der Waals surface area contributed by atoms with Gasteiger partial charge in [0.2, 0.25) is 10.0 Å². The molecule has 1 saturated heterocycles. The van der Waals surface area contributed by atoms with Gasteiger partial charge in [0.15, 0.2) is 0 Å². The number of hydrogen-bond acceptors (Lipinski definition) is 6. The number of primary sulfonamides is 1. The highest BCUT2D eigenvalue weighted by atomic mass is 32.2. The van der Waals surface area contributed by atoms with Crippen LogP contribution in [0.5, 0.6) is 0 Å². The molecule has 26 heavy (non-hydrogen) atoms. The fraction of sp³-hybridized carbons (Fsp3) is 0.250. The smallest absolute Gasteiger partial charge is 0.261 e. The Labute approximate surface area is 152 Å². The molecule has 1 aliphatic heterocycles. The second kappa shape index (κ2) is 7.23. The van der Waals surface area contributed by atoms with E-state index in [1.807, 2.05) is 17.0 Å². The number of para-hydroxylation sites is 2. The van der Waals surface area contributed by atoms with Crippen LogP contribution in [0.4, 0.5) is 11.4 Å². The van der Waals surface area contributed by atoms with E-state index >= 15 is 0 Å². The lowest BCUT2D eigenvalue weighted by atomic mass is 10.2. The first-order valence-corrected chi connectivity index (χ1v) is 10.9. The molecule has 0 radical (unpaired) electrons. The van der Waals surface area contributed by atoms with Crippen LogP contribution in [0.3, 0.4) is 0 Å².